The van der Waals surface area contributed by atoms with Crippen LogP contribution in [0, 0.1) is 22.6 Å². The minimum absolute atomic E-state index is 0.0546. The number of para-hydroxylation sites is 2. The number of rotatable bonds is 3. The molecule has 0 saturated heterocycles. The lowest BCUT2D eigenvalue weighted by molar-refractivity contribution is 0.0998. The van der Waals surface area contributed by atoms with Crippen LogP contribution in [0.1, 0.15) is 16.1 Å². The number of fused-ring (bicyclic) bond motifs is 1. The van der Waals surface area contributed by atoms with Gasteiger partial charge in [0.05, 0.1) is 16.4 Å². The number of hydrogen-bond acceptors (Lipinski definition) is 5. The van der Waals surface area contributed by atoms with E-state index in [1.165, 1.54) is 24.3 Å². The van der Waals surface area contributed by atoms with E-state index >= 15 is 0 Å². The molecular weight excluding hydrogens is 395 g/mol. The molecule has 8 heteroatoms. The van der Waals surface area contributed by atoms with Gasteiger partial charge in [0, 0.05) is 18.0 Å². The van der Waals surface area contributed by atoms with Crippen molar-refractivity contribution in [3.05, 3.63) is 95.5 Å². The maximum absolute atomic E-state index is 13.0. The number of halogens is 1. The highest BCUT2D eigenvalue weighted by Crippen LogP contribution is 2.20. The van der Waals surface area contributed by atoms with Crippen LogP contribution < -0.4 is 5.36 Å². The fourth-order valence-electron chi connectivity index (χ4n) is 2.89. The fourth-order valence-corrected chi connectivity index (χ4v) is 2.89. The zero-order valence-electron chi connectivity index (χ0n) is 16.0. The Morgan fingerprint density at radius 1 is 1.00 bits per heavy atom. The number of allylic oxidation sites excluding steroid dienone is 1. The molecule has 0 aliphatic heterocycles. The number of pyridine rings is 1. The Kier molecular flexibility index (Phi) is 5.26. The number of hydrogen-bond donors (Lipinski definition) is 1. The van der Waals surface area contributed by atoms with E-state index in [-0.39, 0.29) is 16.8 Å². The molecule has 2 heterocycles. The Morgan fingerprint density at radius 2 is 1.65 bits per heavy atom. The van der Waals surface area contributed by atoms with E-state index in [9.17, 15) is 14.4 Å². The number of aromatic nitrogens is 3. The number of nitriles is 1. The predicted octanol–water partition coefficient (Wildman–Crippen LogP) is 3.46. The average Bonchev–Trinajstić information content (AvgIpc) is 2.80. The molecule has 1 N–H and O–H groups in total. The number of benzene rings is 2. The summed E-state index contributed by atoms with van der Waals surface area (Å²) in [5, 5.41) is 17.2. The molecule has 0 atom stereocenters. The van der Waals surface area contributed by atoms with Crippen molar-refractivity contribution in [3.8, 4) is 11.9 Å². The molecule has 0 saturated carbocycles. The van der Waals surface area contributed by atoms with Crippen LogP contribution in [-0.4, -0.2) is 26.3 Å². The van der Waals surface area contributed by atoms with Gasteiger partial charge in [-0.25, -0.2) is 19.4 Å². The SMILES string of the molecule is N#CC(=C=N)c1nc2ccccc2nc1-n1ccc(=NC(=O)c2ccc(F)cc2)cc1. The average molecular weight is 408 g/mol. The minimum Gasteiger partial charge on any atom is -0.307 e. The number of nitrogens with zero attached hydrogens (tertiary/aromatic N) is 5. The Morgan fingerprint density at radius 3 is 2.26 bits per heavy atom. The molecule has 7 nitrogen and oxygen atoms in total. The lowest BCUT2D eigenvalue weighted by Crippen LogP contribution is -2.11. The Hall–Kier alpha value is -4.73. The molecule has 4 rings (SSSR count). The van der Waals surface area contributed by atoms with Gasteiger partial charge in [-0.3, -0.25) is 10.2 Å². The van der Waals surface area contributed by atoms with Gasteiger partial charge in [0.15, 0.2) is 5.82 Å². The zero-order chi connectivity index (χ0) is 21.8. The van der Waals surface area contributed by atoms with Crippen LogP contribution in [-0.2, 0) is 0 Å². The molecule has 0 aliphatic rings. The van der Waals surface area contributed by atoms with Crippen molar-refractivity contribution in [1.82, 2.24) is 14.5 Å². The molecule has 0 aliphatic carbocycles. The first-order chi connectivity index (χ1) is 15.1. The van der Waals surface area contributed by atoms with Gasteiger partial charge in [-0.1, -0.05) is 12.1 Å². The van der Waals surface area contributed by atoms with Gasteiger partial charge in [0.2, 0.25) is 0 Å². The third-order valence-electron chi connectivity index (χ3n) is 4.40. The summed E-state index contributed by atoms with van der Waals surface area (Å²) in [6, 6.07) is 17.4. The summed E-state index contributed by atoms with van der Waals surface area (Å²) >= 11 is 0. The fraction of sp³-hybridized carbons (Fsp3) is 0. The van der Waals surface area contributed by atoms with Gasteiger partial charge < -0.3 is 4.57 Å². The first-order valence-electron chi connectivity index (χ1n) is 9.09. The van der Waals surface area contributed by atoms with Crippen molar-refractivity contribution in [2.75, 3.05) is 0 Å². The van der Waals surface area contributed by atoms with Crippen molar-refractivity contribution in [1.29, 1.82) is 10.7 Å². The Bertz CT molecular complexity index is 1450. The lowest BCUT2D eigenvalue weighted by atomic mass is 10.2. The van der Waals surface area contributed by atoms with Gasteiger partial charge in [-0.05, 0) is 54.4 Å². The first kappa shape index (κ1) is 19.6. The smallest absolute Gasteiger partial charge is 0.277 e. The van der Waals surface area contributed by atoms with Crippen LogP contribution in [0.3, 0.4) is 0 Å². The third kappa shape index (κ3) is 4.03. The van der Waals surface area contributed by atoms with Gasteiger partial charge >= 0.3 is 0 Å². The molecule has 1 amide bonds. The molecule has 0 bridgehead atoms. The lowest BCUT2D eigenvalue weighted by Gasteiger charge is -2.10. The standard InChI is InChI=1S/C23H13FN6O/c24-17-7-5-15(6-8-17)23(31)27-18-9-11-30(12-10-18)22-21(16(13-25)14-26)28-19-3-1-2-4-20(19)29-22/h1-12,25H. The van der Waals surface area contributed by atoms with Crippen LogP contribution in [0.4, 0.5) is 4.39 Å². The maximum atomic E-state index is 13.0. The van der Waals surface area contributed by atoms with Crippen LogP contribution >= 0.6 is 0 Å². The van der Waals surface area contributed by atoms with E-state index < -0.39 is 11.7 Å². The van der Waals surface area contributed by atoms with Gasteiger partial charge in [-0.2, -0.15) is 5.26 Å². The maximum Gasteiger partial charge on any atom is 0.277 e. The summed E-state index contributed by atoms with van der Waals surface area (Å²) in [5.41, 5.74) is 1.64. The largest absolute Gasteiger partial charge is 0.307 e. The molecular formula is C23H13FN6O. The van der Waals surface area contributed by atoms with E-state index in [2.05, 4.69) is 20.8 Å². The predicted molar refractivity (Wildman–Crippen MR) is 112 cm³/mol. The molecule has 148 valence electrons. The van der Waals surface area contributed by atoms with E-state index in [1.54, 1.807) is 41.2 Å². The minimum atomic E-state index is -0.498. The molecule has 0 radical (unpaired) electrons. The molecule has 31 heavy (non-hydrogen) atoms. The summed E-state index contributed by atoms with van der Waals surface area (Å²) in [4.78, 5) is 25.3. The highest BCUT2D eigenvalue weighted by molar-refractivity contribution is 5.98. The summed E-state index contributed by atoms with van der Waals surface area (Å²) in [5.74, 6) is 1.51. The normalized spacial score (nSPS) is 10.2. The van der Waals surface area contributed by atoms with Crippen molar-refractivity contribution >= 4 is 28.4 Å². The first-order valence-corrected chi connectivity index (χ1v) is 9.09. The molecule has 2 aromatic carbocycles. The molecule has 4 aromatic rings. The Balaban J connectivity index is 1.77. The summed E-state index contributed by atoms with van der Waals surface area (Å²) in [7, 11) is 0. The van der Waals surface area contributed by atoms with Crippen molar-refractivity contribution in [3.63, 3.8) is 0 Å². The van der Waals surface area contributed by atoms with E-state index in [1.807, 2.05) is 18.2 Å². The monoisotopic (exact) mass is 408 g/mol. The third-order valence-corrected chi connectivity index (χ3v) is 4.40. The van der Waals surface area contributed by atoms with Crippen LogP contribution in [0.25, 0.3) is 22.4 Å². The second kappa shape index (κ2) is 8.33. The topological polar surface area (TPSA) is 108 Å². The number of carbonyl (C=O) groups is 1. The van der Waals surface area contributed by atoms with Gasteiger partial charge in [0.1, 0.15) is 23.2 Å². The number of carbonyl (C=O) groups excluding carboxylic acids is 1. The molecule has 0 fully saturated rings. The summed E-state index contributed by atoms with van der Waals surface area (Å²) in [6.07, 6.45) is 3.25. The van der Waals surface area contributed by atoms with E-state index in [4.69, 9.17) is 5.41 Å². The number of nitrogens with one attached hydrogen (secondary N) is 1. The van der Waals surface area contributed by atoms with Gasteiger partial charge in [-0.15, -0.1) is 0 Å². The van der Waals surface area contributed by atoms with E-state index in [0.717, 1.165) is 0 Å². The quantitative estimate of drug-likeness (QED) is 0.414. The van der Waals surface area contributed by atoms with Crippen LogP contribution in [0.15, 0.2) is 78.0 Å². The summed E-state index contributed by atoms with van der Waals surface area (Å²) < 4.78 is 14.6. The molecule has 2 aromatic heterocycles. The van der Waals surface area contributed by atoms with Crippen molar-refractivity contribution in [2.45, 2.75) is 0 Å². The van der Waals surface area contributed by atoms with Crippen molar-refractivity contribution in [2.24, 2.45) is 4.99 Å². The summed E-state index contributed by atoms with van der Waals surface area (Å²) in [6.45, 7) is 0. The number of amides is 1. The second-order valence-electron chi connectivity index (χ2n) is 6.38. The Labute approximate surface area is 175 Å². The van der Waals surface area contributed by atoms with Crippen LogP contribution in [0.5, 0.6) is 0 Å². The zero-order valence-corrected chi connectivity index (χ0v) is 16.0. The van der Waals surface area contributed by atoms with Gasteiger partial charge in [0.25, 0.3) is 5.91 Å². The second-order valence-corrected chi connectivity index (χ2v) is 6.38. The highest BCUT2D eigenvalue weighted by atomic mass is 19.1. The molecule has 0 spiro atoms. The van der Waals surface area contributed by atoms with Crippen LogP contribution in [0.2, 0.25) is 0 Å². The molecule has 0 unspecified atom stereocenters. The van der Waals surface area contributed by atoms with Crippen molar-refractivity contribution < 1.29 is 9.18 Å². The van der Waals surface area contributed by atoms with E-state index in [0.29, 0.717) is 22.2 Å². The highest BCUT2D eigenvalue weighted by Gasteiger charge is 2.14.